The van der Waals surface area contributed by atoms with E-state index in [2.05, 4.69) is 39.8 Å². The van der Waals surface area contributed by atoms with Crippen molar-refractivity contribution in [3.8, 4) is 11.5 Å². The van der Waals surface area contributed by atoms with Gasteiger partial charge in [-0.1, -0.05) is 24.3 Å². The number of fused-ring (bicyclic) bond motifs is 1. The molecule has 112 valence electrons. The summed E-state index contributed by atoms with van der Waals surface area (Å²) in [6.45, 7) is 2.73. The molecule has 1 aliphatic carbocycles. The van der Waals surface area contributed by atoms with Gasteiger partial charge in [0.1, 0.15) is 11.5 Å². The standard InChI is InChI=1S/C18H19N3O/c1-12-6-9-17(22-12)18-14(11-20-21-18)10-19-16-8-7-13-4-2-3-5-15(13)16/h2-6,9,11,16,19H,7-8,10H2,1H3,(H,20,21). The van der Waals surface area contributed by atoms with Crippen molar-refractivity contribution in [1.29, 1.82) is 0 Å². The Labute approximate surface area is 129 Å². The normalized spacial score (nSPS) is 16.9. The predicted molar refractivity (Wildman–Crippen MR) is 85.4 cm³/mol. The molecular formula is C18H19N3O. The molecule has 1 aromatic carbocycles. The monoisotopic (exact) mass is 293 g/mol. The molecule has 0 amide bonds. The van der Waals surface area contributed by atoms with Gasteiger partial charge in [-0.15, -0.1) is 0 Å². The van der Waals surface area contributed by atoms with E-state index in [0.717, 1.165) is 42.2 Å². The van der Waals surface area contributed by atoms with Gasteiger partial charge < -0.3 is 9.73 Å². The SMILES string of the molecule is Cc1ccc(-c2[nH]ncc2CNC2CCc3ccccc32)o1. The van der Waals surface area contributed by atoms with E-state index in [0.29, 0.717) is 6.04 Å². The van der Waals surface area contributed by atoms with Crippen LogP contribution in [0.4, 0.5) is 0 Å². The first-order valence-corrected chi connectivity index (χ1v) is 7.71. The van der Waals surface area contributed by atoms with Crippen LogP contribution in [-0.4, -0.2) is 10.2 Å². The first kappa shape index (κ1) is 13.3. The molecule has 4 heteroatoms. The molecule has 0 saturated heterocycles. The van der Waals surface area contributed by atoms with Crippen LogP contribution in [0.25, 0.3) is 11.5 Å². The minimum atomic E-state index is 0.428. The number of aromatic amines is 1. The highest BCUT2D eigenvalue weighted by Gasteiger charge is 2.22. The summed E-state index contributed by atoms with van der Waals surface area (Å²) in [5.74, 6) is 1.76. The average Bonchev–Trinajstić information content (AvgIpc) is 3.24. The lowest BCUT2D eigenvalue weighted by Gasteiger charge is -2.13. The zero-order chi connectivity index (χ0) is 14.9. The molecule has 4 rings (SSSR count). The molecule has 0 radical (unpaired) electrons. The second kappa shape index (κ2) is 5.46. The molecular weight excluding hydrogens is 274 g/mol. The topological polar surface area (TPSA) is 53.9 Å². The fourth-order valence-corrected chi connectivity index (χ4v) is 3.23. The molecule has 2 heterocycles. The first-order valence-electron chi connectivity index (χ1n) is 7.71. The van der Waals surface area contributed by atoms with Crippen LogP contribution < -0.4 is 5.32 Å². The molecule has 22 heavy (non-hydrogen) atoms. The van der Waals surface area contributed by atoms with Crippen LogP contribution in [0.1, 0.15) is 34.9 Å². The molecule has 0 saturated carbocycles. The van der Waals surface area contributed by atoms with E-state index < -0.39 is 0 Å². The molecule has 2 aromatic heterocycles. The lowest BCUT2D eigenvalue weighted by Crippen LogP contribution is -2.18. The molecule has 1 aliphatic rings. The summed E-state index contributed by atoms with van der Waals surface area (Å²) < 4.78 is 5.70. The molecule has 1 atom stereocenters. The van der Waals surface area contributed by atoms with Gasteiger partial charge in [-0.2, -0.15) is 5.10 Å². The number of rotatable bonds is 4. The summed E-state index contributed by atoms with van der Waals surface area (Å²) in [6, 6.07) is 13.1. The van der Waals surface area contributed by atoms with Crippen molar-refractivity contribution in [2.75, 3.05) is 0 Å². The molecule has 0 fully saturated rings. The number of benzene rings is 1. The van der Waals surface area contributed by atoms with E-state index >= 15 is 0 Å². The number of hydrogen-bond donors (Lipinski definition) is 2. The van der Waals surface area contributed by atoms with Gasteiger partial charge in [-0.25, -0.2) is 0 Å². The zero-order valence-electron chi connectivity index (χ0n) is 12.6. The quantitative estimate of drug-likeness (QED) is 0.770. The fraction of sp³-hybridized carbons (Fsp3) is 0.278. The highest BCUT2D eigenvalue weighted by atomic mass is 16.3. The van der Waals surface area contributed by atoms with Crippen molar-refractivity contribution < 1.29 is 4.42 Å². The van der Waals surface area contributed by atoms with Crippen LogP contribution in [0.3, 0.4) is 0 Å². The van der Waals surface area contributed by atoms with Gasteiger partial charge in [-0.05, 0) is 43.0 Å². The predicted octanol–water partition coefficient (Wildman–Crippen LogP) is 3.76. The maximum Gasteiger partial charge on any atom is 0.152 e. The summed E-state index contributed by atoms with van der Waals surface area (Å²) in [5.41, 5.74) is 5.00. The average molecular weight is 293 g/mol. The Kier molecular flexibility index (Phi) is 3.31. The third kappa shape index (κ3) is 2.35. The number of nitrogens with zero attached hydrogens (tertiary/aromatic N) is 1. The third-order valence-corrected chi connectivity index (χ3v) is 4.38. The summed E-state index contributed by atoms with van der Waals surface area (Å²) in [4.78, 5) is 0. The number of nitrogens with one attached hydrogen (secondary N) is 2. The van der Waals surface area contributed by atoms with E-state index in [1.54, 1.807) is 0 Å². The molecule has 0 bridgehead atoms. The Bertz CT molecular complexity index is 787. The van der Waals surface area contributed by atoms with Crippen molar-refractivity contribution in [2.45, 2.75) is 32.4 Å². The minimum absolute atomic E-state index is 0.428. The second-order valence-electron chi connectivity index (χ2n) is 5.85. The Morgan fingerprint density at radius 2 is 2.18 bits per heavy atom. The van der Waals surface area contributed by atoms with Crippen LogP contribution in [0.15, 0.2) is 47.0 Å². The zero-order valence-corrected chi connectivity index (χ0v) is 12.6. The Hall–Kier alpha value is -2.33. The number of aromatic nitrogens is 2. The van der Waals surface area contributed by atoms with Crippen molar-refractivity contribution in [2.24, 2.45) is 0 Å². The summed E-state index contributed by atoms with van der Waals surface area (Å²) in [6.07, 6.45) is 4.19. The van der Waals surface area contributed by atoms with Crippen molar-refractivity contribution in [3.63, 3.8) is 0 Å². The second-order valence-corrected chi connectivity index (χ2v) is 5.85. The maximum absolute atomic E-state index is 5.70. The number of hydrogen-bond acceptors (Lipinski definition) is 3. The summed E-state index contributed by atoms with van der Waals surface area (Å²) in [7, 11) is 0. The fourth-order valence-electron chi connectivity index (χ4n) is 3.23. The minimum Gasteiger partial charge on any atom is -0.460 e. The Balaban J connectivity index is 1.51. The third-order valence-electron chi connectivity index (χ3n) is 4.38. The van der Waals surface area contributed by atoms with Gasteiger partial charge in [0.25, 0.3) is 0 Å². The van der Waals surface area contributed by atoms with Crippen LogP contribution in [0.5, 0.6) is 0 Å². The van der Waals surface area contributed by atoms with Crippen molar-refractivity contribution >= 4 is 0 Å². The Morgan fingerprint density at radius 3 is 3.05 bits per heavy atom. The van der Waals surface area contributed by atoms with E-state index in [-0.39, 0.29) is 0 Å². The molecule has 1 unspecified atom stereocenters. The largest absolute Gasteiger partial charge is 0.460 e. The van der Waals surface area contributed by atoms with E-state index in [9.17, 15) is 0 Å². The van der Waals surface area contributed by atoms with Gasteiger partial charge in [0, 0.05) is 18.2 Å². The number of furan rings is 1. The van der Waals surface area contributed by atoms with Crippen LogP contribution in [0, 0.1) is 6.92 Å². The Morgan fingerprint density at radius 1 is 1.27 bits per heavy atom. The summed E-state index contributed by atoms with van der Waals surface area (Å²) in [5, 5.41) is 10.9. The van der Waals surface area contributed by atoms with Crippen LogP contribution in [-0.2, 0) is 13.0 Å². The van der Waals surface area contributed by atoms with Gasteiger partial charge >= 0.3 is 0 Å². The van der Waals surface area contributed by atoms with Gasteiger partial charge in [0.15, 0.2) is 5.76 Å². The van der Waals surface area contributed by atoms with E-state index in [4.69, 9.17) is 4.42 Å². The molecule has 3 aromatic rings. The van der Waals surface area contributed by atoms with E-state index in [1.807, 2.05) is 25.3 Å². The van der Waals surface area contributed by atoms with Gasteiger partial charge in [0.05, 0.1) is 6.20 Å². The van der Waals surface area contributed by atoms with Gasteiger partial charge in [0.2, 0.25) is 0 Å². The van der Waals surface area contributed by atoms with E-state index in [1.165, 1.54) is 11.1 Å². The lowest BCUT2D eigenvalue weighted by atomic mass is 10.1. The molecule has 0 aliphatic heterocycles. The van der Waals surface area contributed by atoms with Gasteiger partial charge in [-0.3, -0.25) is 5.10 Å². The van der Waals surface area contributed by atoms with Crippen molar-refractivity contribution in [3.05, 3.63) is 65.0 Å². The smallest absolute Gasteiger partial charge is 0.152 e. The lowest BCUT2D eigenvalue weighted by molar-refractivity contribution is 0.526. The summed E-state index contributed by atoms with van der Waals surface area (Å²) >= 11 is 0. The molecule has 2 N–H and O–H groups in total. The molecule has 4 nitrogen and oxygen atoms in total. The van der Waals surface area contributed by atoms with Crippen LogP contribution >= 0.6 is 0 Å². The number of aryl methyl sites for hydroxylation is 2. The van der Waals surface area contributed by atoms with Crippen molar-refractivity contribution in [1.82, 2.24) is 15.5 Å². The van der Waals surface area contributed by atoms with Crippen LogP contribution in [0.2, 0.25) is 0 Å². The molecule has 0 spiro atoms. The highest BCUT2D eigenvalue weighted by Crippen LogP contribution is 2.31. The maximum atomic E-state index is 5.70. The number of H-pyrrole nitrogens is 1. The first-order chi connectivity index (χ1) is 10.8. The highest BCUT2D eigenvalue weighted by molar-refractivity contribution is 5.56.